The van der Waals surface area contributed by atoms with Gasteiger partial charge in [-0.15, -0.1) is 0 Å². The summed E-state index contributed by atoms with van der Waals surface area (Å²) in [6.07, 6.45) is 1.44. The third-order valence-corrected chi connectivity index (χ3v) is 4.63. The summed E-state index contributed by atoms with van der Waals surface area (Å²) in [6, 6.07) is 14.3. The number of carbonyl (C=O) groups is 1. The number of anilines is 1. The molecule has 3 rings (SSSR count). The van der Waals surface area contributed by atoms with E-state index in [0.717, 1.165) is 21.3 Å². The number of hydrogen-bond donors (Lipinski definition) is 1. The third kappa shape index (κ3) is 4.40. The van der Waals surface area contributed by atoms with Crippen LogP contribution in [-0.2, 0) is 17.9 Å². The van der Waals surface area contributed by atoms with Gasteiger partial charge in [0.05, 0.1) is 17.3 Å². The highest BCUT2D eigenvalue weighted by molar-refractivity contribution is 6.34. The van der Waals surface area contributed by atoms with E-state index in [2.05, 4.69) is 5.32 Å². The quantitative estimate of drug-likeness (QED) is 0.719. The highest BCUT2D eigenvalue weighted by atomic mass is 35.5. The lowest BCUT2D eigenvalue weighted by molar-refractivity contribution is -0.116. The van der Waals surface area contributed by atoms with Crippen LogP contribution in [-0.4, -0.2) is 15.0 Å². The van der Waals surface area contributed by atoms with Crippen molar-refractivity contribution >= 4 is 23.2 Å². The van der Waals surface area contributed by atoms with Crippen molar-refractivity contribution in [2.24, 2.45) is 0 Å². The van der Waals surface area contributed by atoms with Gasteiger partial charge < -0.3 is 5.32 Å². The van der Waals surface area contributed by atoms with Crippen molar-refractivity contribution in [3.05, 3.63) is 97.3 Å². The van der Waals surface area contributed by atoms with Crippen molar-refractivity contribution in [2.45, 2.75) is 26.9 Å². The van der Waals surface area contributed by atoms with Crippen LogP contribution in [0.3, 0.4) is 0 Å². The maximum absolute atomic E-state index is 12.7. The van der Waals surface area contributed by atoms with Crippen LogP contribution in [0.25, 0.3) is 0 Å². The SMILES string of the molecule is Cc1cc(C)c(NC(=O)Cn2c(=O)ccn(Cc3ccccc3)c2=O)c(Cl)c1. The number of hydrogen-bond acceptors (Lipinski definition) is 3. The first kappa shape index (κ1) is 19.6. The lowest BCUT2D eigenvalue weighted by Gasteiger charge is -2.13. The maximum Gasteiger partial charge on any atom is 0.331 e. The van der Waals surface area contributed by atoms with Crippen LogP contribution in [0.15, 0.2) is 64.3 Å². The van der Waals surface area contributed by atoms with Crippen molar-refractivity contribution < 1.29 is 4.79 Å². The zero-order chi connectivity index (χ0) is 20.3. The number of rotatable bonds is 5. The molecule has 0 fully saturated rings. The molecule has 3 aromatic rings. The summed E-state index contributed by atoms with van der Waals surface area (Å²) in [5.74, 6) is -0.495. The lowest BCUT2D eigenvalue weighted by Crippen LogP contribution is -2.41. The fourth-order valence-electron chi connectivity index (χ4n) is 3.00. The molecule has 1 heterocycles. The van der Waals surface area contributed by atoms with E-state index in [4.69, 9.17) is 11.6 Å². The molecule has 0 spiro atoms. The zero-order valence-corrected chi connectivity index (χ0v) is 16.4. The first-order valence-electron chi connectivity index (χ1n) is 8.76. The molecule has 28 heavy (non-hydrogen) atoms. The fourth-order valence-corrected chi connectivity index (χ4v) is 3.37. The second kappa shape index (κ2) is 8.27. The molecule has 1 aromatic heterocycles. The first-order valence-corrected chi connectivity index (χ1v) is 9.14. The number of benzene rings is 2. The van der Waals surface area contributed by atoms with E-state index in [1.807, 2.05) is 50.2 Å². The molecular weight excluding hydrogens is 378 g/mol. The van der Waals surface area contributed by atoms with E-state index in [1.54, 1.807) is 6.07 Å². The van der Waals surface area contributed by atoms with Crippen molar-refractivity contribution in [1.29, 1.82) is 0 Å². The Bertz CT molecular complexity index is 1110. The van der Waals surface area contributed by atoms with Crippen LogP contribution in [0.2, 0.25) is 5.02 Å². The van der Waals surface area contributed by atoms with Crippen LogP contribution < -0.4 is 16.6 Å². The summed E-state index contributed by atoms with van der Waals surface area (Å²) < 4.78 is 2.31. The normalized spacial score (nSPS) is 10.7. The van der Waals surface area contributed by atoms with Gasteiger partial charge in [-0.2, -0.15) is 0 Å². The standard InChI is InChI=1S/C21H20ClN3O3/c1-14-10-15(2)20(17(22)11-14)23-18(26)13-25-19(27)8-9-24(21(25)28)12-16-6-4-3-5-7-16/h3-11H,12-13H2,1-2H3,(H,23,26). The number of aryl methyl sites for hydroxylation is 2. The van der Waals surface area contributed by atoms with Crippen LogP contribution in [0, 0.1) is 13.8 Å². The molecule has 0 saturated carbocycles. The summed E-state index contributed by atoms with van der Waals surface area (Å²) in [6.45, 7) is 3.65. The predicted molar refractivity (Wildman–Crippen MR) is 110 cm³/mol. The molecule has 7 heteroatoms. The van der Waals surface area contributed by atoms with Gasteiger partial charge in [-0.3, -0.25) is 18.7 Å². The highest BCUT2D eigenvalue weighted by Gasteiger charge is 2.13. The molecule has 0 bridgehead atoms. The number of carbonyl (C=O) groups excluding carboxylic acids is 1. The molecule has 0 unspecified atom stereocenters. The van der Waals surface area contributed by atoms with E-state index in [0.29, 0.717) is 17.3 Å². The Morgan fingerprint density at radius 3 is 2.46 bits per heavy atom. The maximum atomic E-state index is 12.7. The van der Waals surface area contributed by atoms with Crippen LogP contribution in [0.4, 0.5) is 5.69 Å². The minimum absolute atomic E-state index is 0.310. The van der Waals surface area contributed by atoms with E-state index in [-0.39, 0.29) is 0 Å². The van der Waals surface area contributed by atoms with Crippen molar-refractivity contribution in [3.63, 3.8) is 0 Å². The topological polar surface area (TPSA) is 73.1 Å². The second-order valence-electron chi connectivity index (χ2n) is 6.62. The van der Waals surface area contributed by atoms with Gasteiger partial charge in [0.1, 0.15) is 6.54 Å². The van der Waals surface area contributed by atoms with Gasteiger partial charge in [0.2, 0.25) is 5.91 Å². The van der Waals surface area contributed by atoms with E-state index in [1.165, 1.54) is 16.8 Å². The largest absolute Gasteiger partial charge is 0.331 e. The molecule has 6 nitrogen and oxygen atoms in total. The molecule has 1 amide bonds. The molecular formula is C21H20ClN3O3. The summed E-state index contributed by atoms with van der Waals surface area (Å²) >= 11 is 6.21. The summed E-state index contributed by atoms with van der Waals surface area (Å²) in [7, 11) is 0. The average molecular weight is 398 g/mol. The monoisotopic (exact) mass is 397 g/mol. The Labute approximate surface area is 167 Å². The molecule has 2 aromatic carbocycles. The second-order valence-corrected chi connectivity index (χ2v) is 7.03. The van der Waals surface area contributed by atoms with Crippen LogP contribution in [0.1, 0.15) is 16.7 Å². The number of aromatic nitrogens is 2. The first-order chi connectivity index (χ1) is 13.3. The minimum atomic E-state index is -0.543. The van der Waals surface area contributed by atoms with Crippen molar-refractivity contribution in [1.82, 2.24) is 9.13 Å². The van der Waals surface area contributed by atoms with Gasteiger partial charge >= 0.3 is 5.69 Å². The lowest BCUT2D eigenvalue weighted by atomic mass is 10.1. The molecule has 1 N–H and O–H groups in total. The Morgan fingerprint density at radius 1 is 1.07 bits per heavy atom. The van der Waals surface area contributed by atoms with Gasteiger partial charge in [0.15, 0.2) is 0 Å². The smallest absolute Gasteiger partial charge is 0.323 e. The third-order valence-electron chi connectivity index (χ3n) is 4.33. The van der Waals surface area contributed by atoms with E-state index < -0.39 is 23.7 Å². The van der Waals surface area contributed by atoms with E-state index in [9.17, 15) is 14.4 Å². The Kier molecular flexibility index (Phi) is 5.80. The summed E-state index contributed by atoms with van der Waals surface area (Å²) in [5, 5.41) is 3.11. The molecule has 0 saturated heterocycles. The Morgan fingerprint density at radius 2 is 1.79 bits per heavy atom. The Balaban J connectivity index is 1.84. The number of amides is 1. The summed E-state index contributed by atoms with van der Waals surface area (Å²) in [5.41, 5.74) is 2.10. The van der Waals surface area contributed by atoms with Gasteiger partial charge in [-0.1, -0.05) is 48.0 Å². The van der Waals surface area contributed by atoms with Gasteiger partial charge in [0, 0.05) is 12.3 Å². The number of halogens is 1. The predicted octanol–water partition coefficient (Wildman–Crippen LogP) is 2.97. The minimum Gasteiger partial charge on any atom is -0.323 e. The molecule has 0 radical (unpaired) electrons. The highest BCUT2D eigenvalue weighted by Crippen LogP contribution is 2.27. The van der Waals surface area contributed by atoms with Gasteiger partial charge in [0.25, 0.3) is 5.56 Å². The van der Waals surface area contributed by atoms with Crippen molar-refractivity contribution in [3.8, 4) is 0 Å². The van der Waals surface area contributed by atoms with Crippen molar-refractivity contribution in [2.75, 3.05) is 5.32 Å². The van der Waals surface area contributed by atoms with Gasteiger partial charge in [-0.25, -0.2) is 4.79 Å². The van der Waals surface area contributed by atoms with Gasteiger partial charge in [-0.05, 0) is 36.6 Å². The molecule has 0 aliphatic heterocycles. The molecule has 0 aliphatic rings. The summed E-state index contributed by atoms with van der Waals surface area (Å²) in [4.78, 5) is 37.3. The van der Waals surface area contributed by atoms with E-state index >= 15 is 0 Å². The van der Waals surface area contributed by atoms with Crippen LogP contribution >= 0.6 is 11.6 Å². The number of nitrogens with one attached hydrogen (secondary N) is 1. The molecule has 144 valence electrons. The van der Waals surface area contributed by atoms with Crippen LogP contribution in [0.5, 0.6) is 0 Å². The Hall–Kier alpha value is -3.12. The average Bonchev–Trinajstić information content (AvgIpc) is 2.65. The fraction of sp³-hybridized carbons (Fsp3) is 0.190. The molecule has 0 aliphatic carbocycles. The zero-order valence-electron chi connectivity index (χ0n) is 15.6. The molecule has 0 atom stereocenters. The number of nitrogens with zero attached hydrogens (tertiary/aromatic N) is 2.